The van der Waals surface area contributed by atoms with Crippen LogP contribution in [0.1, 0.15) is 70.9 Å². The predicted molar refractivity (Wildman–Crippen MR) is 120 cm³/mol. The van der Waals surface area contributed by atoms with Gasteiger partial charge in [-0.1, -0.05) is 30.3 Å². The van der Waals surface area contributed by atoms with E-state index in [4.69, 9.17) is 4.74 Å². The van der Waals surface area contributed by atoms with Crippen LogP contribution in [0.2, 0.25) is 0 Å². The maximum absolute atomic E-state index is 13.6. The van der Waals surface area contributed by atoms with Crippen LogP contribution >= 0.6 is 0 Å². The second-order valence-electron chi connectivity index (χ2n) is 11.3. The van der Waals surface area contributed by atoms with E-state index in [0.717, 1.165) is 6.42 Å². The van der Waals surface area contributed by atoms with Gasteiger partial charge >= 0.3 is 12.1 Å². The fraction of sp³-hybridized carbons (Fsp3) is 0.640. The van der Waals surface area contributed by atoms with Gasteiger partial charge in [-0.05, 0) is 76.7 Å². The molecule has 0 aliphatic heterocycles. The van der Waals surface area contributed by atoms with Crippen molar-refractivity contribution in [1.29, 1.82) is 0 Å². The molecule has 1 aromatic carbocycles. The van der Waals surface area contributed by atoms with E-state index in [1.54, 1.807) is 51.1 Å². The second kappa shape index (κ2) is 8.31. The van der Waals surface area contributed by atoms with Crippen molar-refractivity contribution in [3.8, 4) is 0 Å². The van der Waals surface area contributed by atoms with E-state index in [1.807, 2.05) is 0 Å². The molecular formula is C25H34N2O6. The first-order valence-corrected chi connectivity index (χ1v) is 11.7. The van der Waals surface area contributed by atoms with Crippen molar-refractivity contribution in [3.63, 3.8) is 0 Å². The standard InChI is InChI=1S/C25H34N2O6/c1-23(2,3)33-22(31)27-19(20(28)26-18(21(29)30)17-7-5-4-6-8-17)24-10-15-9-16(11-24)13-25(32,12-15)14-24/h4-8,15-16,18-19,32H,9-14H2,1-3H3,(H,26,28)(H,27,31)(H,29,30)/t15?,16?,18-,19-,24?,25?/m1/s1. The van der Waals surface area contributed by atoms with Crippen molar-refractivity contribution in [2.45, 2.75) is 82.6 Å². The molecule has 0 heterocycles. The summed E-state index contributed by atoms with van der Waals surface area (Å²) < 4.78 is 5.43. The highest BCUT2D eigenvalue weighted by molar-refractivity contribution is 5.90. The average molecular weight is 459 g/mol. The topological polar surface area (TPSA) is 125 Å². The molecule has 1 aromatic rings. The minimum Gasteiger partial charge on any atom is -0.479 e. The summed E-state index contributed by atoms with van der Waals surface area (Å²) in [4.78, 5) is 38.4. The molecule has 0 saturated heterocycles. The zero-order valence-electron chi connectivity index (χ0n) is 19.5. The molecule has 0 radical (unpaired) electrons. The Morgan fingerprint density at radius 3 is 2.15 bits per heavy atom. The lowest BCUT2D eigenvalue weighted by Gasteiger charge is -2.61. The molecule has 4 aliphatic carbocycles. The zero-order chi connectivity index (χ0) is 24.0. The number of benzene rings is 1. The first kappa shape index (κ1) is 23.5. The number of alkyl carbamates (subject to hydrolysis) is 1. The van der Waals surface area contributed by atoms with Gasteiger partial charge in [0.25, 0.3) is 0 Å². The third-order valence-electron chi connectivity index (χ3n) is 7.28. The third kappa shape index (κ3) is 5.00. The maximum atomic E-state index is 13.6. The number of carbonyl (C=O) groups excluding carboxylic acids is 2. The van der Waals surface area contributed by atoms with Crippen molar-refractivity contribution < 1.29 is 29.3 Å². The first-order valence-electron chi connectivity index (χ1n) is 11.7. The number of carboxylic acid groups (broad SMARTS) is 1. The first-order chi connectivity index (χ1) is 15.4. The van der Waals surface area contributed by atoms with Crippen LogP contribution in [0.3, 0.4) is 0 Å². The number of nitrogens with one attached hydrogen (secondary N) is 2. The number of ether oxygens (including phenoxy) is 1. The fourth-order valence-corrected chi connectivity index (χ4v) is 6.70. The SMILES string of the molecule is CC(C)(C)OC(=O)N[C@H](C(=O)N[C@@H](C(=O)O)c1ccccc1)C12CC3CC(CC(O)(C3)C1)C2. The number of carbonyl (C=O) groups is 3. The number of amides is 2. The number of hydrogen-bond donors (Lipinski definition) is 4. The highest BCUT2D eigenvalue weighted by atomic mass is 16.6. The molecule has 4 N–H and O–H groups in total. The van der Waals surface area contributed by atoms with Gasteiger partial charge in [0, 0.05) is 5.41 Å². The summed E-state index contributed by atoms with van der Waals surface area (Å²) in [7, 11) is 0. The molecule has 4 saturated carbocycles. The molecule has 33 heavy (non-hydrogen) atoms. The Bertz CT molecular complexity index is 911. The van der Waals surface area contributed by atoms with E-state index in [1.165, 1.54) is 0 Å². The Labute approximate surface area is 194 Å². The highest BCUT2D eigenvalue weighted by Gasteiger charge is 2.61. The predicted octanol–water partition coefficient (Wildman–Crippen LogP) is 3.15. The van der Waals surface area contributed by atoms with Crippen LogP contribution in [0.25, 0.3) is 0 Å². The minimum atomic E-state index is -1.25. The van der Waals surface area contributed by atoms with Crippen LogP contribution in [-0.4, -0.2) is 45.4 Å². The van der Waals surface area contributed by atoms with E-state index in [9.17, 15) is 24.6 Å². The van der Waals surface area contributed by atoms with E-state index >= 15 is 0 Å². The van der Waals surface area contributed by atoms with Crippen molar-refractivity contribution >= 4 is 18.0 Å². The smallest absolute Gasteiger partial charge is 0.408 e. The van der Waals surface area contributed by atoms with Gasteiger partial charge in [-0.15, -0.1) is 0 Å². The van der Waals surface area contributed by atoms with E-state index in [0.29, 0.717) is 37.7 Å². The normalized spacial score (nSPS) is 32.0. The molecule has 4 aliphatic rings. The van der Waals surface area contributed by atoms with Crippen LogP contribution in [0.4, 0.5) is 4.79 Å². The maximum Gasteiger partial charge on any atom is 0.408 e. The zero-order valence-corrected chi connectivity index (χ0v) is 19.5. The molecule has 180 valence electrons. The van der Waals surface area contributed by atoms with Crippen molar-refractivity contribution in [1.82, 2.24) is 10.6 Å². The van der Waals surface area contributed by atoms with Crippen LogP contribution < -0.4 is 10.6 Å². The van der Waals surface area contributed by atoms with Gasteiger partial charge in [0.1, 0.15) is 11.6 Å². The van der Waals surface area contributed by atoms with Crippen molar-refractivity contribution in [3.05, 3.63) is 35.9 Å². The second-order valence-corrected chi connectivity index (χ2v) is 11.3. The summed E-state index contributed by atoms with van der Waals surface area (Å²) in [6.07, 6.45) is 3.56. The number of hydrogen-bond acceptors (Lipinski definition) is 5. The molecule has 0 spiro atoms. The van der Waals surface area contributed by atoms with Gasteiger partial charge in [0.05, 0.1) is 5.60 Å². The van der Waals surface area contributed by atoms with E-state index < -0.39 is 46.7 Å². The van der Waals surface area contributed by atoms with Gasteiger partial charge < -0.3 is 25.6 Å². The summed E-state index contributed by atoms with van der Waals surface area (Å²) in [6.45, 7) is 5.22. The highest BCUT2D eigenvalue weighted by Crippen LogP contribution is 2.62. The Hall–Kier alpha value is -2.61. The molecule has 4 fully saturated rings. The molecule has 2 amide bonds. The molecule has 4 atom stereocenters. The monoisotopic (exact) mass is 458 g/mol. The lowest BCUT2D eigenvalue weighted by Crippen LogP contribution is -2.66. The van der Waals surface area contributed by atoms with Gasteiger partial charge in [-0.2, -0.15) is 0 Å². The molecule has 4 bridgehead atoms. The Balaban J connectivity index is 1.63. The Morgan fingerprint density at radius 2 is 1.64 bits per heavy atom. The third-order valence-corrected chi connectivity index (χ3v) is 7.28. The van der Waals surface area contributed by atoms with Crippen LogP contribution in [-0.2, 0) is 14.3 Å². The number of aliphatic carboxylic acids is 1. The molecule has 0 aromatic heterocycles. The minimum absolute atomic E-state index is 0.288. The van der Waals surface area contributed by atoms with Gasteiger partial charge in [0.2, 0.25) is 5.91 Å². The lowest BCUT2D eigenvalue weighted by molar-refractivity contribution is -0.177. The summed E-state index contributed by atoms with van der Waals surface area (Å²) >= 11 is 0. The largest absolute Gasteiger partial charge is 0.479 e. The summed E-state index contributed by atoms with van der Waals surface area (Å²) in [6, 6.07) is 6.22. The number of aliphatic hydroxyl groups is 1. The Kier molecular flexibility index (Phi) is 5.93. The number of rotatable bonds is 6. The van der Waals surface area contributed by atoms with Gasteiger partial charge in [-0.3, -0.25) is 4.79 Å². The van der Waals surface area contributed by atoms with Crippen LogP contribution in [0, 0.1) is 17.3 Å². The van der Waals surface area contributed by atoms with Gasteiger partial charge in [-0.25, -0.2) is 9.59 Å². The quantitative estimate of drug-likeness (QED) is 0.519. The average Bonchev–Trinajstić information content (AvgIpc) is 2.67. The van der Waals surface area contributed by atoms with Crippen LogP contribution in [0.15, 0.2) is 30.3 Å². The Morgan fingerprint density at radius 1 is 1.03 bits per heavy atom. The fourth-order valence-electron chi connectivity index (χ4n) is 6.70. The molecular weight excluding hydrogens is 424 g/mol. The van der Waals surface area contributed by atoms with E-state index in [2.05, 4.69) is 10.6 Å². The van der Waals surface area contributed by atoms with Crippen LogP contribution in [0.5, 0.6) is 0 Å². The molecule has 2 unspecified atom stereocenters. The summed E-state index contributed by atoms with van der Waals surface area (Å²) in [5.74, 6) is -1.18. The number of carboxylic acids is 1. The van der Waals surface area contributed by atoms with Crippen molar-refractivity contribution in [2.24, 2.45) is 17.3 Å². The summed E-state index contributed by atoms with van der Waals surface area (Å²) in [5, 5.41) is 26.4. The van der Waals surface area contributed by atoms with Crippen molar-refractivity contribution in [2.75, 3.05) is 0 Å². The van der Waals surface area contributed by atoms with E-state index in [-0.39, 0.29) is 11.8 Å². The summed E-state index contributed by atoms with van der Waals surface area (Å²) in [5.41, 5.74) is -1.79. The molecule has 8 heteroatoms. The molecule has 8 nitrogen and oxygen atoms in total. The molecule has 5 rings (SSSR count). The lowest BCUT2D eigenvalue weighted by atomic mass is 9.46. The van der Waals surface area contributed by atoms with Gasteiger partial charge in [0.15, 0.2) is 6.04 Å².